The van der Waals surface area contributed by atoms with Crippen molar-refractivity contribution in [3.8, 4) is 0 Å². The Morgan fingerprint density at radius 1 is 1.00 bits per heavy atom. The van der Waals surface area contributed by atoms with Gasteiger partial charge in [-0.25, -0.2) is 15.0 Å². The molecule has 1 aromatic carbocycles. The maximum absolute atomic E-state index is 14.1. The fourth-order valence-electron chi connectivity index (χ4n) is 4.37. The molecule has 0 unspecified atom stereocenters. The number of aromatic nitrogens is 5. The van der Waals surface area contributed by atoms with Gasteiger partial charge >= 0.3 is 0 Å². The number of hydrogen-bond acceptors (Lipinski definition) is 6. The quantitative estimate of drug-likeness (QED) is 0.482. The summed E-state index contributed by atoms with van der Waals surface area (Å²) in [5.74, 6) is 1.43. The van der Waals surface area contributed by atoms with Crippen molar-refractivity contribution in [1.82, 2.24) is 24.7 Å². The fraction of sp³-hybridized carbons (Fsp3) is 0.375. The Kier molecular flexibility index (Phi) is 4.80. The first kappa shape index (κ1) is 20.4. The third-order valence-electron chi connectivity index (χ3n) is 6.08. The second-order valence-corrected chi connectivity index (χ2v) is 8.75. The van der Waals surface area contributed by atoms with E-state index in [1.54, 1.807) is 9.58 Å². The van der Waals surface area contributed by atoms with E-state index in [0.29, 0.717) is 17.9 Å². The zero-order valence-corrected chi connectivity index (χ0v) is 19.1. The number of rotatable bonds is 2. The lowest BCUT2D eigenvalue weighted by Gasteiger charge is -2.23. The van der Waals surface area contributed by atoms with E-state index in [-0.39, 0.29) is 11.8 Å². The average Bonchev–Trinajstić information content (AvgIpc) is 2.97. The predicted molar refractivity (Wildman–Crippen MR) is 126 cm³/mol. The Labute approximate surface area is 186 Å². The standard InChI is InChI=1S/C24H27N7O/c1-14(2)19-13-16(20-15(3)28-30(5)21(20)27-19)24(32)31-12-8-11-29(4)22-23(31)26-18-10-7-6-9-17(18)25-22/h6-7,9-10,13-14H,8,11-12H2,1-5H3. The highest BCUT2D eigenvalue weighted by molar-refractivity contribution is 6.14. The maximum atomic E-state index is 14.1. The van der Waals surface area contributed by atoms with E-state index in [9.17, 15) is 4.79 Å². The number of aryl methyl sites for hydroxylation is 2. The van der Waals surface area contributed by atoms with Gasteiger partial charge in [-0.15, -0.1) is 0 Å². The van der Waals surface area contributed by atoms with Crippen LogP contribution in [0.15, 0.2) is 30.3 Å². The first-order valence-corrected chi connectivity index (χ1v) is 11.0. The van der Waals surface area contributed by atoms with Crippen LogP contribution in [-0.4, -0.2) is 50.8 Å². The summed E-state index contributed by atoms with van der Waals surface area (Å²) < 4.78 is 1.75. The molecule has 0 aliphatic carbocycles. The van der Waals surface area contributed by atoms with Gasteiger partial charge in [0.1, 0.15) is 0 Å². The van der Waals surface area contributed by atoms with Gasteiger partial charge in [0.2, 0.25) is 0 Å². The molecule has 0 atom stereocenters. The first-order chi connectivity index (χ1) is 15.3. The van der Waals surface area contributed by atoms with E-state index in [1.807, 2.05) is 51.4 Å². The molecule has 8 heteroatoms. The minimum atomic E-state index is -0.0865. The molecule has 4 aromatic rings. The molecule has 4 heterocycles. The van der Waals surface area contributed by atoms with Gasteiger partial charge in [0.05, 0.1) is 27.7 Å². The maximum Gasteiger partial charge on any atom is 0.260 e. The van der Waals surface area contributed by atoms with Crippen molar-refractivity contribution in [2.45, 2.75) is 33.1 Å². The van der Waals surface area contributed by atoms with Crippen LogP contribution < -0.4 is 9.80 Å². The van der Waals surface area contributed by atoms with Crippen molar-refractivity contribution >= 4 is 39.6 Å². The van der Waals surface area contributed by atoms with Crippen molar-refractivity contribution in [3.05, 3.63) is 47.3 Å². The second kappa shape index (κ2) is 7.55. The molecule has 0 spiro atoms. The van der Waals surface area contributed by atoms with Crippen molar-refractivity contribution in [2.75, 3.05) is 29.9 Å². The monoisotopic (exact) mass is 429 g/mol. The van der Waals surface area contributed by atoms with Gasteiger partial charge < -0.3 is 4.90 Å². The van der Waals surface area contributed by atoms with Gasteiger partial charge in [-0.1, -0.05) is 26.0 Å². The molecule has 1 aliphatic heterocycles. The summed E-state index contributed by atoms with van der Waals surface area (Å²) in [6.45, 7) is 7.47. The third kappa shape index (κ3) is 3.18. The lowest BCUT2D eigenvalue weighted by Crippen LogP contribution is -2.33. The molecule has 0 fully saturated rings. The molecule has 0 bridgehead atoms. The number of benzene rings is 1. The zero-order chi connectivity index (χ0) is 22.6. The molecule has 3 aromatic heterocycles. The van der Waals surface area contributed by atoms with Crippen LogP contribution in [0.1, 0.15) is 47.9 Å². The van der Waals surface area contributed by atoms with E-state index >= 15 is 0 Å². The number of hydrogen-bond donors (Lipinski definition) is 0. The van der Waals surface area contributed by atoms with E-state index in [0.717, 1.165) is 52.2 Å². The summed E-state index contributed by atoms with van der Waals surface area (Å²) in [6, 6.07) is 9.70. The van der Waals surface area contributed by atoms with Crippen LogP contribution in [0.4, 0.5) is 11.6 Å². The third-order valence-corrected chi connectivity index (χ3v) is 6.08. The summed E-state index contributed by atoms with van der Waals surface area (Å²) in [5.41, 5.74) is 4.62. The molecule has 1 aliphatic rings. The number of amides is 1. The summed E-state index contributed by atoms with van der Waals surface area (Å²) in [6.07, 6.45) is 0.827. The van der Waals surface area contributed by atoms with Gasteiger partial charge in [0.15, 0.2) is 17.3 Å². The van der Waals surface area contributed by atoms with Crippen LogP contribution in [0.3, 0.4) is 0 Å². The Balaban J connectivity index is 1.72. The molecule has 32 heavy (non-hydrogen) atoms. The zero-order valence-electron chi connectivity index (χ0n) is 19.1. The minimum absolute atomic E-state index is 0.0865. The van der Waals surface area contributed by atoms with Gasteiger partial charge in [0.25, 0.3) is 5.91 Å². The van der Waals surface area contributed by atoms with E-state index in [1.165, 1.54) is 0 Å². The predicted octanol–water partition coefficient (Wildman–Crippen LogP) is 3.83. The van der Waals surface area contributed by atoms with Gasteiger partial charge in [0, 0.05) is 32.9 Å². The van der Waals surface area contributed by atoms with Crippen LogP contribution in [0.25, 0.3) is 22.1 Å². The van der Waals surface area contributed by atoms with Crippen molar-refractivity contribution in [2.24, 2.45) is 7.05 Å². The van der Waals surface area contributed by atoms with E-state index in [4.69, 9.17) is 15.0 Å². The van der Waals surface area contributed by atoms with Crippen LogP contribution in [0, 0.1) is 6.92 Å². The number of nitrogens with zero attached hydrogens (tertiary/aromatic N) is 7. The van der Waals surface area contributed by atoms with E-state index in [2.05, 4.69) is 23.8 Å². The molecular weight excluding hydrogens is 402 g/mol. The van der Waals surface area contributed by atoms with Gasteiger partial charge in [-0.2, -0.15) is 5.10 Å². The molecule has 0 N–H and O–H groups in total. The topological polar surface area (TPSA) is 80.0 Å². The Morgan fingerprint density at radius 2 is 1.69 bits per heavy atom. The fourth-order valence-corrected chi connectivity index (χ4v) is 4.37. The first-order valence-electron chi connectivity index (χ1n) is 11.0. The summed E-state index contributed by atoms with van der Waals surface area (Å²) >= 11 is 0. The smallest absolute Gasteiger partial charge is 0.260 e. The van der Waals surface area contributed by atoms with Gasteiger partial charge in [-0.3, -0.25) is 14.4 Å². The Hall–Kier alpha value is -3.55. The van der Waals surface area contributed by atoms with Crippen molar-refractivity contribution in [3.63, 3.8) is 0 Å². The number of carbonyl (C=O) groups is 1. The molecule has 0 saturated carbocycles. The number of carbonyl (C=O) groups excluding carboxylic acids is 1. The molecule has 164 valence electrons. The highest BCUT2D eigenvalue weighted by Crippen LogP contribution is 2.33. The molecule has 0 saturated heterocycles. The lowest BCUT2D eigenvalue weighted by atomic mass is 10.0. The lowest BCUT2D eigenvalue weighted by molar-refractivity contribution is 0.0988. The number of fused-ring (bicyclic) bond motifs is 3. The molecule has 8 nitrogen and oxygen atoms in total. The largest absolute Gasteiger partial charge is 0.357 e. The summed E-state index contributed by atoms with van der Waals surface area (Å²) in [7, 11) is 3.87. The molecule has 0 radical (unpaired) electrons. The highest BCUT2D eigenvalue weighted by atomic mass is 16.2. The average molecular weight is 430 g/mol. The van der Waals surface area contributed by atoms with Crippen LogP contribution in [0.2, 0.25) is 0 Å². The summed E-state index contributed by atoms with van der Waals surface area (Å²) in [4.78, 5) is 32.5. The van der Waals surface area contributed by atoms with Crippen molar-refractivity contribution < 1.29 is 4.79 Å². The SMILES string of the molecule is Cc1nn(C)c2nc(C(C)C)cc(C(=O)N3CCCN(C)c4nc5ccccc5nc43)c12. The minimum Gasteiger partial charge on any atom is -0.357 e. The molecular formula is C24H27N7O. The Bertz CT molecular complexity index is 1360. The second-order valence-electron chi connectivity index (χ2n) is 8.75. The molecule has 1 amide bonds. The summed E-state index contributed by atoms with van der Waals surface area (Å²) in [5, 5.41) is 5.34. The number of pyridine rings is 1. The molecule has 5 rings (SSSR count). The van der Waals surface area contributed by atoms with E-state index < -0.39 is 0 Å². The highest BCUT2D eigenvalue weighted by Gasteiger charge is 2.30. The van der Waals surface area contributed by atoms with Gasteiger partial charge in [-0.05, 0) is 37.5 Å². The normalized spacial score (nSPS) is 14.3. The number of para-hydroxylation sites is 2. The van der Waals surface area contributed by atoms with Crippen LogP contribution >= 0.6 is 0 Å². The van der Waals surface area contributed by atoms with Crippen LogP contribution in [0.5, 0.6) is 0 Å². The number of anilines is 2. The van der Waals surface area contributed by atoms with Crippen molar-refractivity contribution in [1.29, 1.82) is 0 Å². The Morgan fingerprint density at radius 3 is 2.38 bits per heavy atom. The van der Waals surface area contributed by atoms with Crippen LogP contribution in [-0.2, 0) is 7.05 Å².